The number of rotatable bonds is 7. The largest absolute Gasteiger partial charge is 0.376 e. The van der Waals surface area contributed by atoms with Crippen LogP contribution >= 0.6 is 11.6 Å². The van der Waals surface area contributed by atoms with Crippen LogP contribution in [0.4, 0.5) is 0 Å². The highest BCUT2D eigenvalue weighted by Gasteiger charge is 2.12. The topological polar surface area (TPSA) is 52.3 Å². The summed E-state index contributed by atoms with van der Waals surface area (Å²) in [6, 6.07) is 7.44. The summed E-state index contributed by atoms with van der Waals surface area (Å²) in [5.74, 6) is 0.902. The first-order valence-corrected chi connectivity index (χ1v) is 7.44. The van der Waals surface area contributed by atoms with E-state index >= 15 is 0 Å². The fraction of sp³-hybridized carbons (Fsp3) is 0.500. The fourth-order valence-electron chi connectivity index (χ4n) is 1.48. The molecule has 0 spiro atoms. The van der Waals surface area contributed by atoms with Crippen molar-refractivity contribution in [3.05, 3.63) is 34.9 Å². The fourth-order valence-corrected chi connectivity index (χ4v) is 3.12. The minimum Gasteiger partial charge on any atom is -0.376 e. The van der Waals surface area contributed by atoms with Gasteiger partial charge in [0.05, 0.1) is 17.6 Å². The standard InChI is InChI=1S/C12H18ClNO2S/c1-2-16-11(7-14)9-17(15)8-10-5-3-4-6-12(10)13/h3-6,11H,2,7-9,14H2,1H3. The van der Waals surface area contributed by atoms with Crippen molar-refractivity contribution < 1.29 is 8.95 Å². The Labute approximate surface area is 110 Å². The summed E-state index contributed by atoms with van der Waals surface area (Å²) in [4.78, 5) is 0. The Balaban J connectivity index is 2.52. The zero-order valence-corrected chi connectivity index (χ0v) is 11.5. The highest BCUT2D eigenvalue weighted by atomic mass is 35.5. The van der Waals surface area contributed by atoms with Gasteiger partial charge in [-0.25, -0.2) is 0 Å². The maximum atomic E-state index is 11.9. The van der Waals surface area contributed by atoms with E-state index in [9.17, 15) is 4.21 Å². The number of hydrogen-bond donors (Lipinski definition) is 1. The first kappa shape index (κ1) is 14.6. The molecule has 0 fully saturated rings. The monoisotopic (exact) mass is 275 g/mol. The number of hydrogen-bond acceptors (Lipinski definition) is 3. The Hall–Kier alpha value is -0.420. The van der Waals surface area contributed by atoms with E-state index in [4.69, 9.17) is 22.1 Å². The summed E-state index contributed by atoms with van der Waals surface area (Å²) in [5.41, 5.74) is 6.45. The second-order valence-corrected chi connectivity index (χ2v) is 5.56. The maximum absolute atomic E-state index is 11.9. The van der Waals surface area contributed by atoms with E-state index in [1.54, 1.807) is 6.07 Å². The normalized spacial score (nSPS) is 14.5. The van der Waals surface area contributed by atoms with Crippen molar-refractivity contribution >= 4 is 22.4 Å². The van der Waals surface area contributed by atoms with E-state index < -0.39 is 10.8 Å². The number of halogens is 1. The third-order valence-corrected chi connectivity index (χ3v) is 4.06. The smallest absolute Gasteiger partial charge is 0.0812 e. The molecule has 0 aromatic heterocycles. The first-order valence-electron chi connectivity index (χ1n) is 5.57. The third kappa shape index (κ3) is 5.17. The maximum Gasteiger partial charge on any atom is 0.0812 e. The van der Waals surface area contributed by atoms with Crippen LogP contribution in [0.25, 0.3) is 0 Å². The molecule has 3 nitrogen and oxygen atoms in total. The summed E-state index contributed by atoms with van der Waals surface area (Å²) in [7, 11) is -1.00. The SMILES string of the molecule is CCOC(CN)CS(=O)Cc1ccccc1Cl. The van der Waals surface area contributed by atoms with Gasteiger partial charge in [-0.2, -0.15) is 0 Å². The van der Waals surface area contributed by atoms with Crippen molar-refractivity contribution in [1.29, 1.82) is 0 Å². The predicted octanol–water partition coefficient (Wildman–Crippen LogP) is 1.95. The van der Waals surface area contributed by atoms with Gasteiger partial charge in [0.25, 0.3) is 0 Å². The predicted molar refractivity (Wildman–Crippen MR) is 72.6 cm³/mol. The lowest BCUT2D eigenvalue weighted by molar-refractivity contribution is 0.0852. The molecule has 5 heteroatoms. The molecule has 2 unspecified atom stereocenters. The second-order valence-electron chi connectivity index (χ2n) is 3.66. The van der Waals surface area contributed by atoms with Crippen LogP contribution in [-0.4, -0.2) is 29.2 Å². The zero-order chi connectivity index (χ0) is 12.7. The van der Waals surface area contributed by atoms with Crippen LogP contribution < -0.4 is 5.73 Å². The lowest BCUT2D eigenvalue weighted by Crippen LogP contribution is -2.29. The highest BCUT2D eigenvalue weighted by Crippen LogP contribution is 2.17. The van der Waals surface area contributed by atoms with Gasteiger partial charge in [-0.1, -0.05) is 29.8 Å². The van der Waals surface area contributed by atoms with Crippen LogP contribution in [0.15, 0.2) is 24.3 Å². The van der Waals surface area contributed by atoms with Crippen LogP contribution in [0.1, 0.15) is 12.5 Å². The quantitative estimate of drug-likeness (QED) is 0.828. The average molecular weight is 276 g/mol. The van der Waals surface area contributed by atoms with Crippen molar-refractivity contribution in [3.63, 3.8) is 0 Å². The van der Waals surface area contributed by atoms with Crippen molar-refractivity contribution in [2.45, 2.75) is 18.8 Å². The Morgan fingerprint density at radius 3 is 2.76 bits per heavy atom. The molecule has 0 bridgehead atoms. The molecule has 0 saturated heterocycles. The molecule has 96 valence electrons. The van der Waals surface area contributed by atoms with Crippen molar-refractivity contribution in [2.24, 2.45) is 5.73 Å². The van der Waals surface area contributed by atoms with Gasteiger partial charge in [0.1, 0.15) is 0 Å². The van der Waals surface area contributed by atoms with Crippen LogP contribution in [-0.2, 0) is 21.3 Å². The molecule has 0 amide bonds. The summed E-state index contributed by atoms with van der Waals surface area (Å²) >= 11 is 6.01. The number of nitrogens with two attached hydrogens (primary N) is 1. The third-order valence-electron chi connectivity index (χ3n) is 2.31. The average Bonchev–Trinajstić information content (AvgIpc) is 2.31. The molecular formula is C12H18ClNO2S. The summed E-state index contributed by atoms with van der Waals surface area (Å²) in [5, 5.41) is 0.654. The van der Waals surface area contributed by atoms with Gasteiger partial charge in [-0.3, -0.25) is 4.21 Å². The van der Waals surface area contributed by atoms with Crippen molar-refractivity contribution in [2.75, 3.05) is 18.9 Å². The molecule has 0 aliphatic carbocycles. The molecule has 2 atom stereocenters. The molecule has 17 heavy (non-hydrogen) atoms. The molecule has 0 radical (unpaired) electrons. The van der Waals surface area contributed by atoms with E-state index in [1.807, 2.05) is 25.1 Å². The Bertz CT molecular complexity index is 373. The van der Waals surface area contributed by atoms with Crippen molar-refractivity contribution in [1.82, 2.24) is 0 Å². The highest BCUT2D eigenvalue weighted by molar-refractivity contribution is 7.84. The molecule has 1 aromatic carbocycles. The number of benzene rings is 1. The van der Waals surface area contributed by atoms with E-state index in [2.05, 4.69) is 0 Å². The number of ether oxygens (including phenoxy) is 1. The molecule has 0 saturated carbocycles. The summed E-state index contributed by atoms with van der Waals surface area (Å²) < 4.78 is 17.3. The van der Waals surface area contributed by atoms with Gasteiger partial charge in [0, 0.05) is 29.0 Å². The van der Waals surface area contributed by atoms with Gasteiger partial charge < -0.3 is 10.5 Å². The Kier molecular flexibility index (Phi) is 6.73. The lowest BCUT2D eigenvalue weighted by Gasteiger charge is -2.14. The second kappa shape index (κ2) is 7.82. The molecule has 0 aliphatic rings. The first-order chi connectivity index (χ1) is 8.17. The van der Waals surface area contributed by atoms with Gasteiger partial charge in [-0.15, -0.1) is 0 Å². The van der Waals surface area contributed by atoms with Gasteiger partial charge in [0.15, 0.2) is 0 Å². The van der Waals surface area contributed by atoms with Crippen LogP contribution in [0, 0.1) is 0 Å². The lowest BCUT2D eigenvalue weighted by atomic mass is 10.2. The molecule has 0 heterocycles. The van der Waals surface area contributed by atoms with Crippen LogP contribution in [0.2, 0.25) is 5.02 Å². The zero-order valence-electron chi connectivity index (χ0n) is 9.90. The molecule has 1 aromatic rings. The molecule has 2 N–H and O–H groups in total. The van der Waals surface area contributed by atoms with E-state index in [0.717, 1.165) is 5.56 Å². The van der Waals surface area contributed by atoms with Gasteiger partial charge in [0.2, 0.25) is 0 Å². The van der Waals surface area contributed by atoms with Crippen LogP contribution in [0.5, 0.6) is 0 Å². The Morgan fingerprint density at radius 1 is 1.47 bits per heavy atom. The summed E-state index contributed by atoms with van der Waals surface area (Å²) in [6.07, 6.45) is -0.136. The molecule has 0 aliphatic heterocycles. The molecular weight excluding hydrogens is 258 g/mol. The van der Waals surface area contributed by atoms with Gasteiger partial charge >= 0.3 is 0 Å². The minimum atomic E-state index is -1.00. The van der Waals surface area contributed by atoms with E-state index in [-0.39, 0.29) is 6.10 Å². The van der Waals surface area contributed by atoms with E-state index in [1.165, 1.54) is 0 Å². The Morgan fingerprint density at radius 2 is 2.18 bits per heavy atom. The molecule has 1 rings (SSSR count). The van der Waals surface area contributed by atoms with Crippen LogP contribution in [0.3, 0.4) is 0 Å². The summed E-state index contributed by atoms with van der Waals surface area (Å²) in [6.45, 7) is 2.88. The minimum absolute atomic E-state index is 0.136. The van der Waals surface area contributed by atoms with Crippen molar-refractivity contribution in [3.8, 4) is 0 Å². The van der Waals surface area contributed by atoms with Gasteiger partial charge in [-0.05, 0) is 18.6 Å². The van der Waals surface area contributed by atoms with E-state index in [0.29, 0.717) is 29.7 Å².